The van der Waals surface area contributed by atoms with Gasteiger partial charge in [0, 0.05) is 24.9 Å². The molecule has 206 valence electrons. The Morgan fingerprint density at radius 2 is 1.90 bits per heavy atom. The lowest BCUT2D eigenvalue weighted by Crippen LogP contribution is -2.61. The lowest BCUT2D eigenvalue weighted by molar-refractivity contribution is -0.138. The molecule has 0 spiro atoms. The second kappa shape index (κ2) is 12.4. The Morgan fingerprint density at radius 3 is 2.59 bits per heavy atom. The van der Waals surface area contributed by atoms with Crippen LogP contribution >= 0.6 is 0 Å². The highest BCUT2D eigenvalue weighted by Gasteiger charge is 2.41. The van der Waals surface area contributed by atoms with Crippen LogP contribution in [-0.2, 0) is 32.1 Å². The second-order valence-corrected chi connectivity index (χ2v) is 8.74. The number of nitrogens with two attached hydrogens (primary N) is 2. The summed E-state index contributed by atoms with van der Waals surface area (Å²) in [5, 5.41) is 28.9. The third kappa shape index (κ3) is 7.44. The lowest BCUT2D eigenvalue weighted by Gasteiger charge is -2.33. The van der Waals surface area contributed by atoms with Gasteiger partial charge in [0.05, 0.1) is 19.0 Å². The molecule has 0 radical (unpaired) electrons. The van der Waals surface area contributed by atoms with Gasteiger partial charge in [0.15, 0.2) is 11.4 Å². The molecule has 9 N–H and O–H groups in total. The van der Waals surface area contributed by atoms with E-state index in [9.17, 15) is 24.3 Å². The normalized spacial score (nSPS) is 12.2. The summed E-state index contributed by atoms with van der Waals surface area (Å²) in [5.74, 6) is -2.48. The summed E-state index contributed by atoms with van der Waals surface area (Å²) in [5.41, 5.74) is 11.5. The highest BCUT2D eigenvalue weighted by atomic mass is 16.5. The van der Waals surface area contributed by atoms with Crippen molar-refractivity contribution in [3.05, 3.63) is 59.2 Å². The average Bonchev–Trinajstić information content (AvgIpc) is 3.28. The first-order chi connectivity index (χ1) is 18.5. The summed E-state index contributed by atoms with van der Waals surface area (Å²) in [6.45, 7) is -0.338. The molecular weight excluding hydrogens is 510 g/mol. The number of aliphatic carboxylic acids is 1. The Morgan fingerprint density at radius 1 is 1.13 bits per heavy atom. The molecule has 1 heterocycles. The quantitative estimate of drug-likeness (QED) is 0.125. The van der Waals surface area contributed by atoms with Gasteiger partial charge < -0.3 is 41.8 Å². The van der Waals surface area contributed by atoms with Gasteiger partial charge in [-0.05, 0) is 35.7 Å². The van der Waals surface area contributed by atoms with Crippen molar-refractivity contribution in [3.8, 4) is 0 Å². The summed E-state index contributed by atoms with van der Waals surface area (Å²) in [4.78, 5) is 49.5. The number of carboxylic acids is 1. The maximum atomic E-state index is 13.4. The summed E-state index contributed by atoms with van der Waals surface area (Å²) in [6.07, 6.45) is -1.91. The van der Waals surface area contributed by atoms with Crippen LogP contribution in [0.4, 0.5) is 10.6 Å². The number of amides is 3. The number of hydrogen-bond acceptors (Lipinski definition) is 9. The number of carbonyl (C=O) groups excluding carboxylic acids is 3. The number of rotatable bonds is 12. The highest BCUT2D eigenvalue weighted by molar-refractivity contribution is 5.96. The van der Waals surface area contributed by atoms with Gasteiger partial charge in [-0.3, -0.25) is 19.8 Å². The van der Waals surface area contributed by atoms with Crippen molar-refractivity contribution < 1.29 is 33.5 Å². The fourth-order valence-corrected chi connectivity index (χ4v) is 3.91. The van der Waals surface area contributed by atoms with Crippen LogP contribution in [0.2, 0.25) is 0 Å². The molecule has 0 fully saturated rings. The fourth-order valence-electron chi connectivity index (χ4n) is 3.91. The Balaban J connectivity index is 1.75. The van der Waals surface area contributed by atoms with Crippen LogP contribution in [0.15, 0.2) is 47.0 Å². The zero-order valence-corrected chi connectivity index (χ0v) is 21.1. The van der Waals surface area contributed by atoms with E-state index in [2.05, 4.69) is 25.8 Å². The van der Waals surface area contributed by atoms with Crippen LogP contribution in [0.3, 0.4) is 0 Å². The molecule has 0 saturated carbocycles. The minimum atomic E-state index is -1.79. The molecule has 0 aliphatic carbocycles. The van der Waals surface area contributed by atoms with Gasteiger partial charge in [-0.2, -0.15) is 0 Å². The van der Waals surface area contributed by atoms with Crippen molar-refractivity contribution in [2.24, 2.45) is 5.73 Å². The number of amidine groups is 1. The lowest BCUT2D eigenvalue weighted by atomic mass is 9.84. The van der Waals surface area contributed by atoms with E-state index in [1.165, 1.54) is 0 Å². The molecule has 3 rings (SSSR count). The molecule has 3 amide bonds. The number of anilines is 1. The first-order valence-electron chi connectivity index (χ1n) is 11.7. The molecule has 0 unspecified atom stereocenters. The molecule has 39 heavy (non-hydrogen) atoms. The van der Waals surface area contributed by atoms with E-state index in [1.54, 1.807) is 42.5 Å². The van der Waals surface area contributed by atoms with Gasteiger partial charge in [0.1, 0.15) is 11.4 Å². The molecule has 0 aliphatic heterocycles. The van der Waals surface area contributed by atoms with E-state index in [-0.39, 0.29) is 31.0 Å². The zero-order valence-electron chi connectivity index (χ0n) is 21.1. The van der Waals surface area contributed by atoms with Crippen LogP contribution in [0.1, 0.15) is 29.5 Å². The molecule has 0 bridgehead atoms. The molecule has 3 aromatic rings. The van der Waals surface area contributed by atoms with Crippen molar-refractivity contribution in [1.29, 1.82) is 5.41 Å². The number of hydrogen-bond donors (Lipinski definition) is 7. The monoisotopic (exact) mass is 539 g/mol. The van der Waals surface area contributed by atoms with E-state index < -0.39 is 42.4 Å². The SMILES string of the molecule is COC(=O)N[C@](CCC(=O)O)(Cc1cccc(C(=N)N)c1)C(=O)NCC(=O)NCc1ccc2c(N)noc2c1. The van der Waals surface area contributed by atoms with Crippen molar-refractivity contribution in [1.82, 2.24) is 21.1 Å². The van der Waals surface area contributed by atoms with Crippen molar-refractivity contribution in [2.75, 3.05) is 19.4 Å². The third-order valence-corrected chi connectivity index (χ3v) is 5.93. The first-order valence-corrected chi connectivity index (χ1v) is 11.7. The number of carbonyl (C=O) groups is 4. The highest BCUT2D eigenvalue weighted by Crippen LogP contribution is 2.23. The van der Waals surface area contributed by atoms with E-state index >= 15 is 0 Å². The number of aromatic nitrogens is 1. The first kappa shape index (κ1) is 28.4. The number of benzene rings is 2. The number of nitrogen functional groups attached to an aromatic ring is 2. The number of methoxy groups -OCH3 is 1. The number of nitrogens with zero attached hydrogens (tertiary/aromatic N) is 1. The Kier molecular flexibility index (Phi) is 9.04. The average molecular weight is 540 g/mol. The van der Waals surface area contributed by atoms with Gasteiger partial charge in [0.2, 0.25) is 11.8 Å². The third-order valence-electron chi connectivity index (χ3n) is 5.93. The Bertz CT molecular complexity index is 1400. The number of alkyl carbamates (subject to hydrolysis) is 1. The molecule has 1 aromatic heterocycles. The van der Waals surface area contributed by atoms with E-state index in [4.69, 9.17) is 21.4 Å². The minimum absolute atomic E-state index is 0.119. The summed E-state index contributed by atoms with van der Waals surface area (Å²) in [6, 6.07) is 11.5. The molecule has 2 aromatic carbocycles. The maximum Gasteiger partial charge on any atom is 0.407 e. The van der Waals surface area contributed by atoms with Crippen molar-refractivity contribution in [2.45, 2.75) is 31.3 Å². The maximum absolute atomic E-state index is 13.4. The van der Waals surface area contributed by atoms with Gasteiger partial charge in [0.25, 0.3) is 0 Å². The molecule has 14 heteroatoms. The van der Waals surface area contributed by atoms with E-state index in [1.807, 2.05) is 0 Å². The smallest absolute Gasteiger partial charge is 0.407 e. The standard InChI is InChI=1S/C25H29N7O7/c1-38-24(37)31-25(8-7-20(34)35,11-14-3-2-4-16(9-14)21(26)27)23(36)30-13-19(33)29-12-15-5-6-17-18(10-15)39-32-22(17)28/h2-6,9-10H,7-8,11-13H2,1H3,(H3,26,27)(H2,28,32)(H,29,33)(H,30,36)(H,31,37)(H,34,35)/t25-/m1/s1. The summed E-state index contributed by atoms with van der Waals surface area (Å²) in [7, 11) is 1.10. The topological polar surface area (TPSA) is 236 Å². The number of carboxylic acid groups (broad SMARTS) is 1. The van der Waals surface area contributed by atoms with Crippen LogP contribution in [-0.4, -0.2) is 59.2 Å². The largest absolute Gasteiger partial charge is 0.481 e. The van der Waals surface area contributed by atoms with E-state index in [0.717, 1.165) is 7.11 Å². The second-order valence-electron chi connectivity index (χ2n) is 8.74. The van der Waals surface area contributed by atoms with Crippen molar-refractivity contribution >= 4 is 46.5 Å². The van der Waals surface area contributed by atoms with Crippen LogP contribution in [0.5, 0.6) is 0 Å². The predicted molar refractivity (Wildman–Crippen MR) is 140 cm³/mol. The summed E-state index contributed by atoms with van der Waals surface area (Å²) >= 11 is 0. The number of ether oxygens (including phenoxy) is 1. The van der Waals surface area contributed by atoms with Crippen LogP contribution in [0.25, 0.3) is 11.0 Å². The molecule has 0 saturated heterocycles. The fraction of sp³-hybridized carbons (Fsp3) is 0.280. The van der Waals surface area contributed by atoms with E-state index in [0.29, 0.717) is 27.7 Å². The Labute approximate surface area is 222 Å². The van der Waals surface area contributed by atoms with Gasteiger partial charge in [-0.15, -0.1) is 0 Å². The summed E-state index contributed by atoms with van der Waals surface area (Å²) < 4.78 is 9.79. The van der Waals surface area contributed by atoms with Gasteiger partial charge in [-0.25, -0.2) is 4.79 Å². The number of nitrogens with one attached hydrogen (secondary N) is 4. The van der Waals surface area contributed by atoms with Crippen LogP contribution in [0, 0.1) is 5.41 Å². The zero-order chi connectivity index (χ0) is 28.6. The van der Waals surface area contributed by atoms with Crippen molar-refractivity contribution in [3.63, 3.8) is 0 Å². The van der Waals surface area contributed by atoms with Gasteiger partial charge in [-0.1, -0.05) is 29.4 Å². The van der Waals surface area contributed by atoms with Gasteiger partial charge >= 0.3 is 12.1 Å². The molecule has 1 atom stereocenters. The molecule has 0 aliphatic rings. The van der Waals surface area contributed by atoms with Crippen LogP contribution < -0.4 is 27.4 Å². The Hall–Kier alpha value is -5.14. The molecule has 14 nitrogen and oxygen atoms in total. The molecular formula is C25H29N7O7. The predicted octanol–water partition coefficient (Wildman–Crippen LogP) is 0.629. The number of fused-ring (bicyclic) bond motifs is 1. The minimum Gasteiger partial charge on any atom is -0.481 e.